The number of nitrogens with one attached hydrogen (secondary N) is 3. The molecule has 0 fully saturated rings. The zero-order chi connectivity index (χ0) is 22.4. The summed E-state index contributed by atoms with van der Waals surface area (Å²) in [5.41, 5.74) is 2.88. The van der Waals surface area contributed by atoms with Gasteiger partial charge in [-0.05, 0) is 41.5 Å². The molecule has 3 aromatic rings. The topological polar surface area (TPSA) is 87.3 Å². The molecule has 6 nitrogen and oxygen atoms in total. The Kier molecular flexibility index (Phi) is 7.05. The van der Waals surface area contributed by atoms with Crippen molar-refractivity contribution >= 4 is 40.7 Å². The highest BCUT2D eigenvalue weighted by Crippen LogP contribution is 2.25. The summed E-state index contributed by atoms with van der Waals surface area (Å²) in [6, 6.07) is 21.1. The molecule has 0 aliphatic rings. The molecule has 3 amide bonds. The molecule has 3 N–H and O–H groups in total. The van der Waals surface area contributed by atoms with E-state index in [0.717, 1.165) is 11.1 Å². The number of carbonyl (C=O) groups excluding carboxylic acids is 3. The molecule has 0 saturated heterocycles. The number of carbonyl (C=O) groups is 3. The Morgan fingerprint density at radius 1 is 0.742 bits per heavy atom. The van der Waals surface area contributed by atoms with Crippen molar-refractivity contribution in [3.63, 3.8) is 0 Å². The van der Waals surface area contributed by atoms with Crippen LogP contribution in [0.2, 0.25) is 5.02 Å². The first kappa shape index (κ1) is 22.1. The van der Waals surface area contributed by atoms with Crippen LogP contribution in [0.4, 0.5) is 11.4 Å². The fourth-order valence-corrected chi connectivity index (χ4v) is 3.31. The van der Waals surface area contributed by atoms with Crippen LogP contribution >= 0.6 is 11.6 Å². The Morgan fingerprint density at radius 3 is 1.77 bits per heavy atom. The molecule has 0 aliphatic carbocycles. The minimum absolute atomic E-state index is 0.283. The second kappa shape index (κ2) is 9.91. The van der Waals surface area contributed by atoms with Crippen LogP contribution in [-0.2, 0) is 9.59 Å². The highest BCUT2D eigenvalue weighted by atomic mass is 35.5. The Hall–Kier alpha value is -3.64. The molecule has 0 aromatic heterocycles. The van der Waals surface area contributed by atoms with E-state index in [1.54, 1.807) is 30.3 Å². The number of hydrogen-bond acceptors (Lipinski definition) is 3. The molecule has 1 atom stereocenters. The van der Waals surface area contributed by atoms with Gasteiger partial charge in [-0.25, -0.2) is 0 Å². The van der Waals surface area contributed by atoms with Gasteiger partial charge in [0.15, 0.2) is 0 Å². The monoisotopic (exact) mass is 435 g/mol. The summed E-state index contributed by atoms with van der Waals surface area (Å²) in [4.78, 5) is 36.2. The Bertz CT molecular complexity index is 1060. The SMILES string of the molecule is CC(=O)Nc1cc(NC(C)=O)cc(C(=O)NC(c2ccccc2)c2ccc(Cl)cc2)c1. The molecule has 0 saturated carbocycles. The van der Waals surface area contributed by atoms with Crippen molar-refractivity contribution < 1.29 is 14.4 Å². The maximum Gasteiger partial charge on any atom is 0.252 e. The molecule has 31 heavy (non-hydrogen) atoms. The van der Waals surface area contributed by atoms with E-state index in [2.05, 4.69) is 16.0 Å². The van der Waals surface area contributed by atoms with Crippen LogP contribution < -0.4 is 16.0 Å². The lowest BCUT2D eigenvalue weighted by Crippen LogP contribution is -2.29. The highest BCUT2D eigenvalue weighted by molar-refractivity contribution is 6.30. The molecule has 0 heterocycles. The molecule has 0 spiro atoms. The summed E-state index contributed by atoms with van der Waals surface area (Å²) in [6.07, 6.45) is 0. The number of benzene rings is 3. The van der Waals surface area contributed by atoms with Gasteiger partial charge in [0.2, 0.25) is 11.8 Å². The van der Waals surface area contributed by atoms with Crippen molar-refractivity contribution in [2.24, 2.45) is 0 Å². The zero-order valence-electron chi connectivity index (χ0n) is 17.1. The van der Waals surface area contributed by atoms with Gasteiger partial charge in [-0.15, -0.1) is 0 Å². The van der Waals surface area contributed by atoms with Crippen molar-refractivity contribution in [3.8, 4) is 0 Å². The van der Waals surface area contributed by atoms with Crippen LogP contribution in [0.15, 0.2) is 72.8 Å². The maximum absolute atomic E-state index is 13.2. The number of amides is 3. The molecule has 7 heteroatoms. The van der Waals surface area contributed by atoms with Gasteiger partial charge in [0.25, 0.3) is 5.91 Å². The van der Waals surface area contributed by atoms with E-state index in [1.807, 2.05) is 42.5 Å². The van der Waals surface area contributed by atoms with Gasteiger partial charge in [0, 0.05) is 35.8 Å². The summed E-state index contributed by atoms with van der Waals surface area (Å²) >= 11 is 6.03. The van der Waals surface area contributed by atoms with E-state index in [0.29, 0.717) is 22.0 Å². The maximum atomic E-state index is 13.2. The third-order valence-corrected chi connectivity index (χ3v) is 4.70. The standard InChI is InChI=1S/C24H22ClN3O3/c1-15(29)26-21-12-19(13-22(14-21)27-16(2)30)24(31)28-23(17-6-4-3-5-7-17)18-8-10-20(25)11-9-18/h3-14,23H,1-2H3,(H,26,29)(H,27,30)(H,28,31). The first-order chi connectivity index (χ1) is 14.8. The van der Waals surface area contributed by atoms with Gasteiger partial charge in [0.05, 0.1) is 6.04 Å². The van der Waals surface area contributed by atoms with Crippen LogP contribution in [0.5, 0.6) is 0 Å². The first-order valence-corrected chi connectivity index (χ1v) is 10.0. The van der Waals surface area contributed by atoms with E-state index >= 15 is 0 Å². The van der Waals surface area contributed by atoms with Crippen molar-refractivity contribution in [1.29, 1.82) is 0 Å². The Balaban J connectivity index is 1.96. The number of anilines is 2. The molecule has 0 radical (unpaired) electrons. The van der Waals surface area contributed by atoms with Crippen LogP contribution in [0.3, 0.4) is 0 Å². The summed E-state index contributed by atoms with van der Waals surface area (Å²) in [6.45, 7) is 2.74. The number of halogens is 1. The van der Waals surface area contributed by atoms with Gasteiger partial charge in [0.1, 0.15) is 0 Å². The molecule has 3 aromatic carbocycles. The molecule has 1 unspecified atom stereocenters. The summed E-state index contributed by atoms with van der Waals surface area (Å²) in [5, 5.41) is 8.94. The lowest BCUT2D eigenvalue weighted by Gasteiger charge is -2.20. The van der Waals surface area contributed by atoms with Gasteiger partial charge in [-0.1, -0.05) is 54.1 Å². The summed E-state index contributed by atoms with van der Waals surface area (Å²) in [7, 11) is 0. The molecular weight excluding hydrogens is 414 g/mol. The van der Waals surface area contributed by atoms with Gasteiger partial charge in [-0.3, -0.25) is 14.4 Å². The lowest BCUT2D eigenvalue weighted by atomic mass is 9.98. The third kappa shape index (κ3) is 6.17. The Morgan fingerprint density at radius 2 is 1.26 bits per heavy atom. The smallest absolute Gasteiger partial charge is 0.252 e. The predicted molar refractivity (Wildman–Crippen MR) is 122 cm³/mol. The first-order valence-electron chi connectivity index (χ1n) is 9.63. The van der Waals surface area contributed by atoms with Crippen LogP contribution in [-0.4, -0.2) is 17.7 Å². The van der Waals surface area contributed by atoms with E-state index in [-0.39, 0.29) is 17.7 Å². The van der Waals surface area contributed by atoms with E-state index < -0.39 is 6.04 Å². The number of hydrogen-bond donors (Lipinski definition) is 3. The van der Waals surface area contributed by atoms with Crippen LogP contribution in [0.1, 0.15) is 41.4 Å². The summed E-state index contributed by atoms with van der Waals surface area (Å²) in [5.74, 6) is -0.924. The van der Waals surface area contributed by atoms with Crippen LogP contribution in [0.25, 0.3) is 0 Å². The largest absolute Gasteiger partial charge is 0.341 e. The average molecular weight is 436 g/mol. The average Bonchev–Trinajstić information content (AvgIpc) is 2.72. The van der Waals surface area contributed by atoms with Gasteiger partial charge in [-0.2, -0.15) is 0 Å². The molecular formula is C24H22ClN3O3. The molecule has 158 valence electrons. The van der Waals surface area contributed by atoms with Crippen molar-refractivity contribution in [2.45, 2.75) is 19.9 Å². The molecule has 0 bridgehead atoms. The van der Waals surface area contributed by atoms with E-state index in [9.17, 15) is 14.4 Å². The zero-order valence-corrected chi connectivity index (χ0v) is 17.9. The normalized spacial score (nSPS) is 11.3. The van der Waals surface area contributed by atoms with Gasteiger partial charge < -0.3 is 16.0 Å². The minimum atomic E-state index is -0.417. The number of rotatable bonds is 6. The lowest BCUT2D eigenvalue weighted by molar-refractivity contribution is -0.115. The Labute approximate surface area is 185 Å². The van der Waals surface area contributed by atoms with Crippen molar-refractivity contribution in [3.05, 3.63) is 94.5 Å². The van der Waals surface area contributed by atoms with Crippen LogP contribution in [0, 0.1) is 0 Å². The quantitative estimate of drug-likeness (QED) is 0.520. The van der Waals surface area contributed by atoms with E-state index in [4.69, 9.17) is 11.6 Å². The van der Waals surface area contributed by atoms with Crippen molar-refractivity contribution in [2.75, 3.05) is 10.6 Å². The minimum Gasteiger partial charge on any atom is -0.341 e. The van der Waals surface area contributed by atoms with E-state index in [1.165, 1.54) is 13.8 Å². The van der Waals surface area contributed by atoms with Crippen molar-refractivity contribution in [1.82, 2.24) is 5.32 Å². The molecule has 0 aliphatic heterocycles. The molecule has 3 rings (SSSR count). The highest BCUT2D eigenvalue weighted by Gasteiger charge is 2.19. The fourth-order valence-electron chi connectivity index (χ4n) is 3.18. The predicted octanol–water partition coefficient (Wildman–Crippen LogP) is 4.78. The third-order valence-electron chi connectivity index (χ3n) is 4.45. The fraction of sp³-hybridized carbons (Fsp3) is 0.125. The van der Waals surface area contributed by atoms with Gasteiger partial charge >= 0.3 is 0 Å². The summed E-state index contributed by atoms with van der Waals surface area (Å²) < 4.78 is 0. The second-order valence-corrected chi connectivity index (χ2v) is 7.47. The second-order valence-electron chi connectivity index (χ2n) is 7.03.